The summed E-state index contributed by atoms with van der Waals surface area (Å²) in [7, 11) is 0. The molecule has 0 spiro atoms. The second-order valence-corrected chi connectivity index (χ2v) is 5.02. The van der Waals surface area contributed by atoms with Gasteiger partial charge in [-0.15, -0.1) is 0 Å². The summed E-state index contributed by atoms with van der Waals surface area (Å²) in [6, 6.07) is 18.2. The lowest BCUT2D eigenvalue weighted by molar-refractivity contribution is 1.13. The van der Waals surface area contributed by atoms with Crippen LogP contribution in [-0.4, -0.2) is 0 Å². The zero-order valence-electron chi connectivity index (χ0n) is 9.05. The Balaban J connectivity index is 1.92. The summed E-state index contributed by atoms with van der Waals surface area (Å²) in [5, 5.41) is 12.6. The molecule has 17 heavy (non-hydrogen) atoms. The van der Waals surface area contributed by atoms with Crippen molar-refractivity contribution in [3.8, 4) is 6.07 Å². The van der Waals surface area contributed by atoms with Crippen LogP contribution in [-0.2, 0) is 0 Å². The number of nitrogens with zero attached hydrogens (tertiary/aromatic N) is 1. The molecule has 3 rings (SSSR count). The van der Waals surface area contributed by atoms with Crippen LogP contribution in [0.25, 0.3) is 0 Å². The van der Waals surface area contributed by atoms with Gasteiger partial charge in [0.1, 0.15) is 5.37 Å². The molecular formula is C14H10N2S. The molecule has 3 heteroatoms. The molecule has 2 aromatic carbocycles. The monoisotopic (exact) mass is 238 g/mol. The van der Waals surface area contributed by atoms with E-state index < -0.39 is 0 Å². The fourth-order valence-electron chi connectivity index (χ4n) is 1.91. The summed E-state index contributed by atoms with van der Waals surface area (Å²) in [6.07, 6.45) is 0. The molecule has 0 radical (unpaired) electrons. The van der Waals surface area contributed by atoms with Crippen LogP contribution >= 0.6 is 11.8 Å². The molecule has 82 valence electrons. The van der Waals surface area contributed by atoms with Crippen LogP contribution in [0.4, 0.5) is 5.69 Å². The molecule has 2 nitrogen and oxygen atoms in total. The molecule has 1 aliphatic heterocycles. The van der Waals surface area contributed by atoms with Crippen molar-refractivity contribution in [3.63, 3.8) is 0 Å². The van der Waals surface area contributed by atoms with Crippen molar-refractivity contribution in [2.75, 3.05) is 5.32 Å². The number of fused-ring (bicyclic) bond motifs is 1. The molecule has 1 atom stereocenters. The minimum Gasteiger partial charge on any atom is -0.368 e. The van der Waals surface area contributed by atoms with E-state index in [4.69, 9.17) is 5.26 Å². The predicted molar refractivity (Wildman–Crippen MR) is 69.8 cm³/mol. The van der Waals surface area contributed by atoms with E-state index in [9.17, 15) is 0 Å². The van der Waals surface area contributed by atoms with Crippen LogP contribution < -0.4 is 5.32 Å². The molecular weight excluding hydrogens is 228 g/mol. The summed E-state index contributed by atoms with van der Waals surface area (Å²) in [4.78, 5) is 1.26. The van der Waals surface area contributed by atoms with Gasteiger partial charge in [0.15, 0.2) is 0 Å². The molecule has 0 saturated heterocycles. The Bertz CT molecular complexity index is 576. The van der Waals surface area contributed by atoms with Gasteiger partial charge in [-0.3, -0.25) is 0 Å². The van der Waals surface area contributed by atoms with E-state index >= 15 is 0 Å². The van der Waals surface area contributed by atoms with Crippen LogP contribution in [0, 0.1) is 11.3 Å². The van der Waals surface area contributed by atoms with Crippen molar-refractivity contribution in [1.29, 1.82) is 5.26 Å². The second kappa shape index (κ2) is 4.15. The molecule has 1 aliphatic rings. The molecule has 1 N–H and O–H groups in total. The van der Waals surface area contributed by atoms with E-state index in [0.717, 1.165) is 5.56 Å². The van der Waals surface area contributed by atoms with Crippen LogP contribution in [0.1, 0.15) is 16.5 Å². The van der Waals surface area contributed by atoms with Gasteiger partial charge in [0.25, 0.3) is 0 Å². The molecule has 0 aromatic heterocycles. The molecule has 0 fully saturated rings. The van der Waals surface area contributed by atoms with Gasteiger partial charge in [-0.25, -0.2) is 0 Å². The minimum absolute atomic E-state index is 0.209. The van der Waals surface area contributed by atoms with E-state index in [1.165, 1.54) is 10.6 Å². The van der Waals surface area contributed by atoms with Crippen molar-refractivity contribution in [2.24, 2.45) is 0 Å². The number of benzene rings is 2. The highest BCUT2D eigenvalue weighted by Gasteiger charge is 2.22. The smallest absolute Gasteiger partial charge is 0.103 e. The van der Waals surface area contributed by atoms with E-state index in [1.54, 1.807) is 11.8 Å². The Hall–Kier alpha value is -1.92. The van der Waals surface area contributed by atoms with E-state index in [1.807, 2.05) is 30.3 Å². The number of nitriles is 1. The predicted octanol–water partition coefficient (Wildman–Crippen LogP) is 3.77. The van der Waals surface area contributed by atoms with Gasteiger partial charge >= 0.3 is 0 Å². The molecule has 0 aliphatic carbocycles. The maximum absolute atomic E-state index is 8.90. The Morgan fingerprint density at radius 1 is 1.12 bits per heavy atom. The molecule has 1 heterocycles. The molecule has 0 unspecified atom stereocenters. The maximum atomic E-state index is 8.90. The number of hydrogen-bond donors (Lipinski definition) is 1. The fourth-order valence-corrected chi connectivity index (χ4v) is 3.04. The zero-order valence-corrected chi connectivity index (χ0v) is 9.87. The lowest BCUT2D eigenvalue weighted by atomic mass is 10.1. The third-order valence-electron chi connectivity index (χ3n) is 2.74. The van der Waals surface area contributed by atoms with Crippen LogP contribution in [0.3, 0.4) is 0 Å². The highest BCUT2D eigenvalue weighted by atomic mass is 32.2. The Morgan fingerprint density at radius 3 is 2.82 bits per heavy atom. The van der Waals surface area contributed by atoms with E-state index in [-0.39, 0.29) is 5.37 Å². The SMILES string of the molecule is N#Cc1cccc([C@H]2Nc3ccccc3S2)c1. The molecule has 0 amide bonds. The lowest BCUT2D eigenvalue weighted by Gasteiger charge is -2.10. The summed E-state index contributed by atoms with van der Waals surface area (Å²) < 4.78 is 0. The highest BCUT2D eigenvalue weighted by Crippen LogP contribution is 2.46. The summed E-state index contributed by atoms with van der Waals surface area (Å²) in [6.45, 7) is 0. The normalized spacial score (nSPS) is 17.0. The van der Waals surface area contributed by atoms with Gasteiger partial charge < -0.3 is 5.32 Å². The van der Waals surface area contributed by atoms with Crippen LogP contribution in [0.2, 0.25) is 0 Å². The largest absolute Gasteiger partial charge is 0.368 e. The third kappa shape index (κ3) is 1.88. The number of thioether (sulfide) groups is 1. The number of hydrogen-bond acceptors (Lipinski definition) is 3. The standard InChI is InChI=1S/C14H10N2S/c15-9-10-4-3-5-11(8-10)14-16-12-6-1-2-7-13(12)17-14/h1-8,14,16H/t14-/m0/s1. The summed E-state index contributed by atoms with van der Waals surface area (Å²) in [5.41, 5.74) is 3.02. The quantitative estimate of drug-likeness (QED) is 0.821. The highest BCUT2D eigenvalue weighted by molar-refractivity contribution is 8.00. The van der Waals surface area contributed by atoms with Crippen molar-refractivity contribution in [2.45, 2.75) is 10.3 Å². The Kier molecular flexibility index (Phi) is 2.50. The van der Waals surface area contributed by atoms with Crippen molar-refractivity contribution in [1.82, 2.24) is 0 Å². The molecule has 0 saturated carbocycles. The maximum Gasteiger partial charge on any atom is 0.103 e. The Morgan fingerprint density at radius 2 is 2.00 bits per heavy atom. The van der Waals surface area contributed by atoms with Gasteiger partial charge in [0.05, 0.1) is 11.6 Å². The number of para-hydroxylation sites is 1. The van der Waals surface area contributed by atoms with Crippen molar-refractivity contribution < 1.29 is 0 Å². The molecule has 2 aromatic rings. The first kappa shape index (κ1) is 10.2. The first-order chi connectivity index (χ1) is 8.36. The van der Waals surface area contributed by atoms with Crippen LogP contribution in [0.15, 0.2) is 53.4 Å². The number of rotatable bonds is 1. The van der Waals surface area contributed by atoms with Gasteiger partial charge in [0.2, 0.25) is 0 Å². The van der Waals surface area contributed by atoms with Gasteiger partial charge in [-0.2, -0.15) is 5.26 Å². The first-order valence-electron chi connectivity index (χ1n) is 5.39. The first-order valence-corrected chi connectivity index (χ1v) is 6.27. The summed E-state index contributed by atoms with van der Waals surface area (Å²) in [5.74, 6) is 0. The van der Waals surface area contributed by atoms with E-state index in [2.05, 4.69) is 29.6 Å². The summed E-state index contributed by atoms with van der Waals surface area (Å²) >= 11 is 1.79. The van der Waals surface area contributed by atoms with Gasteiger partial charge in [-0.1, -0.05) is 36.0 Å². The molecule has 0 bridgehead atoms. The number of anilines is 1. The van der Waals surface area contributed by atoms with Gasteiger partial charge in [0, 0.05) is 10.6 Å². The average Bonchev–Trinajstić information content (AvgIpc) is 2.82. The second-order valence-electron chi connectivity index (χ2n) is 3.88. The van der Waals surface area contributed by atoms with Crippen molar-refractivity contribution in [3.05, 3.63) is 59.7 Å². The van der Waals surface area contributed by atoms with E-state index in [0.29, 0.717) is 5.56 Å². The van der Waals surface area contributed by atoms with Gasteiger partial charge in [-0.05, 0) is 29.8 Å². The average molecular weight is 238 g/mol. The topological polar surface area (TPSA) is 35.8 Å². The third-order valence-corrected chi connectivity index (χ3v) is 3.97. The lowest BCUT2D eigenvalue weighted by Crippen LogP contribution is -2.01. The fraction of sp³-hybridized carbons (Fsp3) is 0.0714. The zero-order chi connectivity index (χ0) is 11.7. The Labute approximate surface area is 104 Å². The minimum atomic E-state index is 0.209. The van der Waals surface area contributed by atoms with Crippen LogP contribution in [0.5, 0.6) is 0 Å². The van der Waals surface area contributed by atoms with Crippen molar-refractivity contribution >= 4 is 17.4 Å². The number of nitrogens with one attached hydrogen (secondary N) is 1.